The Morgan fingerprint density at radius 1 is 1.29 bits per heavy atom. The monoisotopic (exact) mass is 290 g/mol. The van der Waals surface area contributed by atoms with Crippen molar-refractivity contribution >= 4 is 0 Å². The average molecular weight is 290 g/mol. The summed E-state index contributed by atoms with van der Waals surface area (Å²) in [5.74, 6) is 2.10. The molecule has 1 rings (SSSR count). The molecular formula is C17H26N2O2. The fraction of sp³-hybridized carbons (Fsp3) is 0.588. The molecule has 1 atom stereocenters. The predicted molar refractivity (Wildman–Crippen MR) is 84.5 cm³/mol. The van der Waals surface area contributed by atoms with Gasteiger partial charge in [0.2, 0.25) is 0 Å². The maximum absolute atomic E-state index is 8.92. The molecule has 21 heavy (non-hydrogen) atoms. The number of benzene rings is 1. The SMILES string of the molecule is CCCOc1ccc(CNCC(C)C)c(OC(C)C#N)c1. The Morgan fingerprint density at radius 2 is 2.05 bits per heavy atom. The van der Waals surface area contributed by atoms with Gasteiger partial charge in [0.15, 0.2) is 6.10 Å². The summed E-state index contributed by atoms with van der Waals surface area (Å²) in [6, 6.07) is 7.91. The Balaban J connectivity index is 2.81. The molecule has 1 N–H and O–H groups in total. The van der Waals surface area contributed by atoms with E-state index in [1.54, 1.807) is 6.92 Å². The lowest BCUT2D eigenvalue weighted by atomic mass is 10.1. The lowest BCUT2D eigenvalue weighted by molar-refractivity contribution is 0.268. The van der Waals surface area contributed by atoms with Crippen molar-refractivity contribution in [3.8, 4) is 17.6 Å². The van der Waals surface area contributed by atoms with Crippen molar-refractivity contribution in [2.75, 3.05) is 13.2 Å². The lowest BCUT2D eigenvalue weighted by Crippen LogP contribution is -2.20. The molecule has 1 aromatic carbocycles. The summed E-state index contributed by atoms with van der Waals surface area (Å²) in [5, 5.41) is 12.3. The fourth-order valence-corrected chi connectivity index (χ4v) is 1.81. The lowest BCUT2D eigenvalue weighted by Gasteiger charge is -2.16. The van der Waals surface area contributed by atoms with Crippen molar-refractivity contribution in [2.45, 2.75) is 46.8 Å². The number of rotatable bonds is 9. The Labute approximate surface area is 128 Å². The van der Waals surface area contributed by atoms with Gasteiger partial charge in [-0.3, -0.25) is 0 Å². The van der Waals surface area contributed by atoms with E-state index in [2.05, 4.69) is 32.2 Å². The number of nitriles is 1. The van der Waals surface area contributed by atoms with E-state index in [9.17, 15) is 0 Å². The molecule has 0 saturated heterocycles. The molecule has 0 bridgehead atoms. The van der Waals surface area contributed by atoms with Crippen LogP contribution in [0.15, 0.2) is 18.2 Å². The molecule has 0 saturated carbocycles. The molecule has 0 radical (unpaired) electrons. The van der Waals surface area contributed by atoms with Gasteiger partial charge in [0.1, 0.15) is 17.6 Å². The van der Waals surface area contributed by atoms with Gasteiger partial charge in [-0.2, -0.15) is 5.26 Å². The third-order valence-electron chi connectivity index (χ3n) is 2.87. The average Bonchev–Trinajstić information content (AvgIpc) is 2.46. The zero-order chi connectivity index (χ0) is 15.7. The molecule has 0 aromatic heterocycles. The van der Waals surface area contributed by atoms with Gasteiger partial charge in [0.25, 0.3) is 0 Å². The van der Waals surface area contributed by atoms with Crippen molar-refractivity contribution < 1.29 is 9.47 Å². The highest BCUT2D eigenvalue weighted by Gasteiger charge is 2.10. The third-order valence-corrected chi connectivity index (χ3v) is 2.87. The molecule has 0 aliphatic carbocycles. The molecule has 4 nitrogen and oxygen atoms in total. The van der Waals surface area contributed by atoms with E-state index in [1.165, 1.54) is 0 Å². The van der Waals surface area contributed by atoms with E-state index >= 15 is 0 Å². The molecule has 1 aromatic rings. The number of nitrogens with zero attached hydrogens (tertiary/aromatic N) is 1. The highest BCUT2D eigenvalue weighted by molar-refractivity contribution is 5.41. The van der Waals surface area contributed by atoms with Crippen LogP contribution in [0.3, 0.4) is 0 Å². The van der Waals surface area contributed by atoms with Crippen LogP contribution in [0.4, 0.5) is 0 Å². The van der Waals surface area contributed by atoms with Gasteiger partial charge < -0.3 is 14.8 Å². The number of ether oxygens (including phenoxy) is 2. The minimum Gasteiger partial charge on any atom is -0.493 e. The van der Waals surface area contributed by atoms with Gasteiger partial charge in [-0.15, -0.1) is 0 Å². The molecular weight excluding hydrogens is 264 g/mol. The Hall–Kier alpha value is -1.73. The van der Waals surface area contributed by atoms with Crippen LogP contribution in [0, 0.1) is 17.2 Å². The Bertz CT molecular complexity index is 466. The molecule has 0 spiro atoms. The van der Waals surface area contributed by atoms with Gasteiger partial charge in [-0.05, 0) is 31.9 Å². The van der Waals surface area contributed by atoms with Crippen LogP contribution in [-0.2, 0) is 6.54 Å². The molecule has 4 heteroatoms. The summed E-state index contributed by atoms with van der Waals surface area (Å²) in [4.78, 5) is 0. The minimum atomic E-state index is -0.477. The topological polar surface area (TPSA) is 54.3 Å². The number of nitrogens with one attached hydrogen (secondary N) is 1. The van der Waals surface area contributed by atoms with E-state index in [1.807, 2.05) is 18.2 Å². The first-order chi connectivity index (χ1) is 10.1. The standard InChI is InChI=1S/C17H26N2O2/c1-5-8-20-16-7-6-15(12-19-11-13(2)3)17(9-16)21-14(4)10-18/h6-7,9,13-14,19H,5,8,11-12H2,1-4H3. The summed E-state index contributed by atoms with van der Waals surface area (Å²) in [6.45, 7) is 10.5. The van der Waals surface area contributed by atoms with Crippen LogP contribution in [0.25, 0.3) is 0 Å². The molecule has 116 valence electrons. The molecule has 0 heterocycles. The number of hydrogen-bond donors (Lipinski definition) is 1. The van der Waals surface area contributed by atoms with E-state index in [0.717, 1.165) is 30.8 Å². The predicted octanol–water partition coefficient (Wildman–Crippen LogP) is 3.51. The molecule has 0 aliphatic rings. The van der Waals surface area contributed by atoms with Crippen molar-refractivity contribution in [3.05, 3.63) is 23.8 Å². The highest BCUT2D eigenvalue weighted by atomic mass is 16.5. The molecule has 0 aliphatic heterocycles. The second-order valence-corrected chi connectivity index (χ2v) is 5.53. The van der Waals surface area contributed by atoms with Crippen molar-refractivity contribution in [1.29, 1.82) is 5.26 Å². The van der Waals surface area contributed by atoms with Gasteiger partial charge >= 0.3 is 0 Å². The summed E-state index contributed by atoms with van der Waals surface area (Å²) in [5.41, 5.74) is 1.04. The first kappa shape index (κ1) is 17.3. The minimum absolute atomic E-state index is 0.477. The zero-order valence-corrected chi connectivity index (χ0v) is 13.5. The summed E-state index contributed by atoms with van der Waals surface area (Å²) in [7, 11) is 0. The van der Waals surface area contributed by atoms with E-state index in [0.29, 0.717) is 18.3 Å². The highest BCUT2D eigenvalue weighted by Crippen LogP contribution is 2.26. The van der Waals surface area contributed by atoms with Gasteiger partial charge in [-0.1, -0.05) is 26.8 Å². The maximum atomic E-state index is 8.92. The second kappa shape index (κ2) is 9.25. The summed E-state index contributed by atoms with van der Waals surface area (Å²) in [6.07, 6.45) is 0.484. The van der Waals surface area contributed by atoms with Gasteiger partial charge in [-0.25, -0.2) is 0 Å². The van der Waals surface area contributed by atoms with Gasteiger partial charge in [0.05, 0.1) is 6.61 Å². The van der Waals surface area contributed by atoms with Crippen LogP contribution in [-0.4, -0.2) is 19.3 Å². The molecule has 1 unspecified atom stereocenters. The Kier molecular flexibility index (Phi) is 7.63. The first-order valence-corrected chi connectivity index (χ1v) is 7.59. The quantitative estimate of drug-likeness (QED) is 0.756. The van der Waals surface area contributed by atoms with Crippen LogP contribution in [0.1, 0.15) is 39.7 Å². The van der Waals surface area contributed by atoms with Crippen LogP contribution in [0.2, 0.25) is 0 Å². The summed E-state index contributed by atoms with van der Waals surface area (Å²) < 4.78 is 11.3. The van der Waals surface area contributed by atoms with E-state index < -0.39 is 6.10 Å². The van der Waals surface area contributed by atoms with Crippen molar-refractivity contribution in [1.82, 2.24) is 5.32 Å². The second-order valence-electron chi connectivity index (χ2n) is 5.53. The maximum Gasteiger partial charge on any atom is 0.181 e. The van der Waals surface area contributed by atoms with Crippen molar-refractivity contribution in [3.63, 3.8) is 0 Å². The summed E-state index contributed by atoms with van der Waals surface area (Å²) >= 11 is 0. The molecule has 0 amide bonds. The smallest absolute Gasteiger partial charge is 0.181 e. The largest absolute Gasteiger partial charge is 0.493 e. The molecule has 0 fully saturated rings. The number of hydrogen-bond acceptors (Lipinski definition) is 4. The van der Waals surface area contributed by atoms with E-state index in [4.69, 9.17) is 14.7 Å². The normalized spacial score (nSPS) is 12.0. The van der Waals surface area contributed by atoms with Crippen molar-refractivity contribution in [2.24, 2.45) is 5.92 Å². The third kappa shape index (κ3) is 6.50. The first-order valence-electron chi connectivity index (χ1n) is 7.59. The van der Waals surface area contributed by atoms with Gasteiger partial charge in [0, 0.05) is 18.2 Å². The fourth-order valence-electron chi connectivity index (χ4n) is 1.81. The zero-order valence-electron chi connectivity index (χ0n) is 13.5. The van der Waals surface area contributed by atoms with E-state index in [-0.39, 0.29) is 0 Å². The Morgan fingerprint density at radius 3 is 2.67 bits per heavy atom. The van der Waals surface area contributed by atoms with Crippen LogP contribution in [0.5, 0.6) is 11.5 Å². The van der Waals surface area contributed by atoms with Crippen LogP contribution < -0.4 is 14.8 Å². The van der Waals surface area contributed by atoms with Crippen LogP contribution >= 0.6 is 0 Å².